The van der Waals surface area contributed by atoms with Crippen LogP contribution in [-0.2, 0) is 4.74 Å². The predicted molar refractivity (Wildman–Crippen MR) is 58.9 cm³/mol. The quantitative estimate of drug-likeness (QED) is 0.621. The third-order valence-electron chi connectivity index (χ3n) is 1.91. The van der Waals surface area contributed by atoms with E-state index in [1.165, 1.54) is 13.3 Å². The van der Waals surface area contributed by atoms with Gasteiger partial charge >= 0.3 is 0 Å². The number of pyridine rings is 1. The average Bonchev–Trinajstić information content (AvgIpc) is 2.27. The predicted octanol–water partition coefficient (Wildman–Crippen LogP) is -0.599. The van der Waals surface area contributed by atoms with Crippen LogP contribution in [-0.4, -0.2) is 42.4 Å². The number of hydrogen-bond acceptors (Lipinski definition) is 5. The van der Waals surface area contributed by atoms with E-state index < -0.39 is 12.0 Å². The molecule has 0 aromatic carbocycles. The summed E-state index contributed by atoms with van der Waals surface area (Å²) in [7, 11) is 1.47. The molecule has 0 saturated carbocycles. The lowest BCUT2D eigenvalue weighted by molar-refractivity contribution is 0.0609. The maximum absolute atomic E-state index is 11.6. The Hall–Kier alpha value is -1.66. The first kappa shape index (κ1) is 12.4. The molecule has 6 nitrogen and oxygen atoms in total. The molecule has 0 saturated heterocycles. The van der Waals surface area contributed by atoms with Crippen molar-refractivity contribution in [1.82, 2.24) is 10.3 Å². The van der Waals surface area contributed by atoms with Gasteiger partial charge in [-0.1, -0.05) is 0 Å². The Balaban J connectivity index is 2.50. The molecular weight excluding hydrogens is 210 g/mol. The average molecular weight is 225 g/mol. The Morgan fingerprint density at radius 3 is 3.12 bits per heavy atom. The van der Waals surface area contributed by atoms with E-state index in [1.54, 1.807) is 12.1 Å². The Bertz CT molecular complexity index is 357. The van der Waals surface area contributed by atoms with E-state index >= 15 is 0 Å². The van der Waals surface area contributed by atoms with Crippen molar-refractivity contribution in [2.45, 2.75) is 6.10 Å². The van der Waals surface area contributed by atoms with Gasteiger partial charge in [-0.25, -0.2) is 4.98 Å². The van der Waals surface area contributed by atoms with Gasteiger partial charge in [0.15, 0.2) is 5.69 Å². The van der Waals surface area contributed by atoms with Crippen LogP contribution in [0.15, 0.2) is 18.3 Å². The third kappa shape index (κ3) is 3.48. The number of nitrogen functional groups attached to an aromatic ring is 1. The van der Waals surface area contributed by atoms with Crippen LogP contribution in [0.1, 0.15) is 10.5 Å². The second-order valence-electron chi connectivity index (χ2n) is 3.26. The first-order valence-corrected chi connectivity index (χ1v) is 4.81. The van der Waals surface area contributed by atoms with Crippen molar-refractivity contribution in [3.8, 4) is 0 Å². The highest BCUT2D eigenvalue weighted by molar-refractivity contribution is 5.96. The second kappa shape index (κ2) is 6.04. The number of amides is 1. The summed E-state index contributed by atoms with van der Waals surface area (Å²) in [4.78, 5) is 15.4. The van der Waals surface area contributed by atoms with Crippen LogP contribution in [0.25, 0.3) is 0 Å². The lowest BCUT2D eigenvalue weighted by Gasteiger charge is -2.10. The standard InChI is InChI=1S/C10H15N3O3/c1-16-6-7(14)5-13-10(15)9-8(11)3-2-4-12-9/h2-4,7,14H,5-6,11H2,1H3,(H,13,15). The normalized spacial score (nSPS) is 12.1. The number of anilines is 1. The zero-order valence-electron chi connectivity index (χ0n) is 9.01. The number of hydrogen-bond donors (Lipinski definition) is 3. The number of carbonyl (C=O) groups is 1. The van der Waals surface area contributed by atoms with Gasteiger partial charge in [0, 0.05) is 19.9 Å². The summed E-state index contributed by atoms with van der Waals surface area (Å²) >= 11 is 0. The maximum atomic E-state index is 11.6. The molecule has 88 valence electrons. The van der Waals surface area contributed by atoms with Crippen LogP contribution < -0.4 is 11.1 Å². The number of carbonyl (C=O) groups excluding carboxylic acids is 1. The molecule has 0 bridgehead atoms. The van der Waals surface area contributed by atoms with Crippen LogP contribution in [0, 0.1) is 0 Å². The molecule has 1 unspecified atom stereocenters. The number of rotatable bonds is 5. The molecule has 1 heterocycles. The smallest absolute Gasteiger partial charge is 0.272 e. The van der Waals surface area contributed by atoms with E-state index in [9.17, 15) is 9.90 Å². The molecule has 0 spiro atoms. The molecule has 1 amide bonds. The number of nitrogens with zero attached hydrogens (tertiary/aromatic N) is 1. The Labute approximate surface area is 93.4 Å². The third-order valence-corrected chi connectivity index (χ3v) is 1.91. The highest BCUT2D eigenvalue weighted by Crippen LogP contribution is 2.05. The van der Waals surface area contributed by atoms with Crippen LogP contribution >= 0.6 is 0 Å². The molecule has 0 fully saturated rings. The largest absolute Gasteiger partial charge is 0.397 e. The van der Waals surface area contributed by atoms with Gasteiger partial charge in [-0.15, -0.1) is 0 Å². The van der Waals surface area contributed by atoms with Crippen LogP contribution in [0.5, 0.6) is 0 Å². The Morgan fingerprint density at radius 1 is 1.75 bits per heavy atom. The summed E-state index contributed by atoms with van der Waals surface area (Å²) in [6.45, 7) is 0.265. The van der Waals surface area contributed by atoms with Gasteiger partial charge in [0.1, 0.15) is 0 Å². The summed E-state index contributed by atoms with van der Waals surface area (Å²) in [6, 6.07) is 3.24. The van der Waals surface area contributed by atoms with Gasteiger partial charge in [-0.3, -0.25) is 4.79 Å². The number of aromatic nitrogens is 1. The summed E-state index contributed by atoms with van der Waals surface area (Å²) in [6.07, 6.45) is 0.746. The van der Waals surface area contributed by atoms with E-state index in [0.717, 1.165) is 0 Å². The molecule has 1 atom stereocenters. The molecule has 16 heavy (non-hydrogen) atoms. The van der Waals surface area contributed by atoms with Gasteiger partial charge in [0.2, 0.25) is 0 Å². The van der Waals surface area contributed by atoms with E-state index in [4.69, 9.17) is 10.5 Å². The minimum atomic E-state index is -0.737. The molecule has 0 aliphatic heterocycles. The molecule has 1 aromatic heterocycles. The molecular formula is C10H15N3O3. The van der Waals surface area contributed by atoms with Crippen molar-refractivity contribution >= 4 is 11.6 Å². The van der Waals surface area contributed by atoms with Crippen molar-refractivity contribution < 1.29 is 14.6 Å². The second-order valence-corrected chi connectivity index (χ2v) is 3.26. The molecule has 0 radical (unpaired) electrons. The lowest BCUT2D eigenvalue weighted by atomic mass is 10.3. The maximum Gasteiger partial charge on any atom is 0.272 e. The topological polar surface area (TPSA) is 97.5 Å². The minimum absolute atomic E-state index is 0.0999. The van der Waals surface area contributed by atoms with E-state index in [-0.39, 0.29) is 18.8 Å². The van der Waals surface area contributed by atoms with E-state index in [2.05, 4.69) is 10.3 Å². The lowest BCUT2D eigenvalue weighted by Crippen LogP contribution is -2.35. The number of nitrogens with two attached hydrogens (primary N) is 1. The number of nitrogens with one attached hydrogen (secondary N) is 1. The highest BCUT2D eigenvalue weighted by Gasteiger charge is 2.12. The fraction of sp³-hybridized carbons (Fsp3) is 0.400. The summed E-state index contributed by atoms with van der Waals surface area (Å²) in [5, 5.41) is 11.8. The zero-order chi connectivity index (χ0) is 12.0. The first-order chi connectivity index (χ1) is 7.65. The van der Waals surface area contributed by atoms with Crippen LogP contribution in [0.2, 0.25) is 0 Å². The SMILES string of the molecule is COCC(O)CNC(=O)c1ncccc1N. The number of methoxy groups -OCH3 is 1. The summed E-state index contributed by atoms with van der Waals surface area (Å²) < 4.78 is 4.72. The van der Waals surface area contributed by atoms with Gasteiger partial charge < -0.3 is 20.9 Å². The number of aliphatic hydroxyl groups excluding tert-OH is 1. The van der Waals surface area contributed by atoms with Crippen molar-refractivity contribution in [3.05, 3.63) is 24.0 Å². The molecule has 4 N–H and O–H groups in total. The van der Waals surface area contributed by atoms with Gasteiger partial charge in [-0.05, 0) is 12.1 Å². The number of aliphatic hydroxyl groups is 1. The summed E-state index contributed by atoms with van der Waals surface area (Å²) in [5.41, 5.74) is 6.04. The minimum Gasteiger partial charge on any atom is -0.397 e. The zero-order valence-corrected chi connectivity index (χ0v) is 9.01. The van der Waals surface area contributed by atoms with Gasteiger partial charge in [-0.2, -0.15) is 0 Å². The fourth-order valence-corrected chi connectivity index (χ4v) is 1.15. The first-order valence-electron chi connectivity index (χ1n) is 4.81. The molecule has 1 aromatic rings. The van der Waals surface area contributed by atoms with Gasteiger partial charge in [0.05, 0.1) is 18.4 Å². The molecule has 1 rings (SSSR count). The van der Waals surface area contributed by atoms with Crippen molar-refractivity contribution in [1.29, 1.82) is 0 Å². The molecule has 0 aliphatic rings. The highest BCUT2D eigenvalue weighted by atomic mass is 16.5. The Kier molecular flexibility index (Phi) is 4.68. The van der Waals surface area contributed by atoms with Crippen LogP contribution in [0.3, 0.4) is 0 Å². The molecule has 0 aliphatic carbocycles. The van der Waals surface area contributed by atoms with Crippen molar-refractivity contribution in [3.63, 3.8) is 0 Å². The number of ether oxygens (including phenoxy) is 1. The van der Waals surface area contributed by atoms with Crippen molar-refractivity contribution in [2.75, 3.05) is 26.0 Å². The van der Waals surface area contributed by atoms with Crippen LogP contribution in [0.4, 0.5) is 5.69 Å². The molecule has 6 heteroatoms. The fourth-order valence-electron chi connectivity index (χ4n) is 1.15. The Morgan fingerprint density at radius 2 is 2.50 bits per heavy atom. The van der Waals surface area contributed by atoms with Crippen molar-refractivity contribution in [2.24, 2.45) is 0 Å². The summed E-state index contributed by atoms with van der Waals surface area (Å²) in [5.74, 6) is -0.409. The van der Waals surface area contributed by atoms with E-state index in [0.29, 0.717) is 5.69 Å². The van der Waals surface area contributed by atoms with Gasteiger partial charge in [0.25, 0.3) is 5.91 Å². The monoisotopic (exact) mass is 225 g/mol. The van der Waals surface area contributed by atoms with E-state index in [1.807, 2.05) is 0 Å².